The van der Waals surface area contributed by atoms with Gasteiger partial charge in [-0.2, -0.15) is 5.26 Å². The van der Waals surface area contributed by atoms with Crippen LogP contribution < -0.4 is 0 Å². The zero-order valence-electron chi connectivity index (χ0n) is 21.0. The quantitative estimate of drug-likeness (QED) is 0.239. The molecule has 0 fully saturated rings. The van der Waals surface area contributed by atoms with Crippen molar-refractivity contribution >= 4 is 49.3 Å². The standard InChI is InChI=1S/C32H18N4/c1-34-26-18-21(20-33)31(35-27-14-6-2-10-22(27)23-11-3-7-15-28(23)35)19-32(26)36-29-16-8-4-12-24(29)25-13-5-9-17-30(25)36/h2-19H/i14D,16D. The second-order valence-corrected chi connectivity index (χ2v) is 8.65. The Balaban J connectivity index is 1.68. The highest BCUT2D eigenvalue weighted by Crippen LogP contribution is 2.39. The van der Waals surface area contributed by atoms with E-state index in [4.69, 9.17) is 9.31 Å². The van der Waals surface area contributed by atoms with Gasteiger partial charge in [0.15, 0.2) is 0 Å². The molecule has 5 aromatic carbocycles. The Morgan fingerprint density at radius 1 is 0.639 bits per heavy atom. The van der Waals surface area contributed by atoms with Crippen LogP contribution >= 0.6 is 0 Å². The van der Waals surface area contributed by atoms with Gasteiger partial charge in [-0.3, -0.25) is 0 Å². The van der Waals surface area contributed by atoms with Crippen LogP contribution in [0.4, 0.5) is 5.69 Å². The van der Waals surface area contributed by atoms with E-state index in [1.807, 2.05) is 88.0 Å². The molecule has 36 heavy (non-hydrogen) atoms. The molecule has 166 valence electrons. The molecule has 0 N–H and O–H groups in total. The Bertz CT molecular complexity index is 2040. The summed E-state index contributed by atoms with van der Waals surface area (Å²) < 4.78 is 21.4. The molecular weight excluding hydrogens is 440 g/mol. The minimum Gasteiger partial charge on any atom is -0.319 e. The maximum absolute atomic E-state index is 10.2. The molecule has 2 aromatic heterocycles. The molecule has 0 radical (unpaired) electrons. The molecule has 0 spiro atoms. The van der Waals surface area contributed by atoms with Gasteiger partial charge in [0, 0.05) is 21.5 Å². The number of hydrogen-bond donors (Lipinski definition) is 0. The predicted molar refractivity (Wildman–Crippen MR) is 146 cm³/mol. The lowest BCUT2D eigenvalue weighted by Crippen LogP contribution is -2.02. The molecule has 0 amide bonds. The topological polar surface area (TPSA) is 38.0 Å². The van der Waals surface area contributed by atoms with Gasteiger partial charge in [0.1, 0.15) is 0 Å². The molecule has 0 unspecified atom stereocenters. The van der Waals surface area contributed by atoms with Crippen LogP contribution in [-0.4, -0.2) is 9.13 Å². The number of nitrogens with zero attached hydrogens (tertiary/aromatic N) is 4. The number of benzene rings is 5. The fourth-order valence-electron chi connectivity index (χ4n) is 5.30. The summed E-state index contributed by atoms with van der Waals surface area (Å²) >= 11 is 0. The number of nitriles is 1. The second kappa shape index (κ2) is 7.60. The van der Waals surface area contributed by atoms with Crippen molar-refractivity contribution in [2.75, 3.05) is 0 Å². The lowest BCUT2D eigenvalue weighted by atomic mass is 10.1. The molecule has 2 heterocycles. The Labute approximate surface area is 210 Å². The van der Waals surface area contributed by atoms with Crippen molar-refractivity contribution in [2.24, 2.45) is 0 Å². The van der Waals surface area contributed by atoms with E-state index in [0.717, 1.165) is 32.6 Å². The van der Waals surface area contributed by atoms with Gasteiger partial charge in [0.25, 0.3) is 0 Å². The Kier molecular flexibility index (Phi) is 3.81. The highest BCUT2D eigenvalue weighted by molar-refractivity contribution is 6.11. The third kappa shape index (κ3) is 2.67. The first-order valence-corrected chi connectivity index (χ1v) is 11.6. The zero-order valence-corrected chi connectivity index (χ0v) is 19.0. The van der Waals surface area contributed by atoms with Gasteiger partial charge < -0.3 is 9.13 Å². The Hall–Kier alpha value is -5.32. The third-order valence-corrected chi connectivity index (χ3v) is 6.80. The second-order valence-electron chi connectivity index (χ2n) is 8.65. The summed E-state index contributed by atoms with van der Waals surface area (Å²) in [5.41, 5.74) is 5.02. The van der Waals surface area contributed by atoms with Gasteiger partial charge in [0.05, 0.1) is 54.4 Å². The number of aromatic nitrogens is 2. The van der Waals surface area contributed by atoms with Gasteiger partial charge in [-0.1, -0.05) is 72.8 Å². The normalized spacial score (nSPS) is 12.1. The van der Waals surface area contributed by atoms with Gasteiger partial charge in [0.2, 0.25) is 5.69 Å². The number of para-hydroxylation sites is 4. The average Bonchev–Trinajstić information content (AvgIpc) is 3.47. The maximum atomic E-state index is 10.2. The van der Waals surface area contributed by atoms with Crippen LogP contribution in [0.25, 0.3) is 59.8 Å². The first-order valence-electron chi connectivity index (χ1n) is 12.6. The molecular formula is C32H18N4. The number of fused-ring (bicyclic) bond motifs is 6. The lowest BCUT2D eigenvalue weighted by Gasteiger charge is -2.16. The molecule has 0 saturated heterocycles. The first-order chi connectivity index (χ1) is 18.6. The molecule has 7 rings (SSSR count). The van der Waals surface area contributed by atoms with Crippen LogP contribution in [0.2, 0.25) is 0 Å². The van der Waals surface area contributed by atoms with Crippen molar-refractivity contribution < 1.29 is 2.74 Å². The van der Waals surface area contributed by atoms with Crippen LogP contribution in [-0.2, 0) is 0 Å². The van der Waals surface area contributed by atoms with E-state index in [2.05, 4.69) is 10.9 Å². The van der Waals surface area contributed by atoms with Gasteiger partial charge in [-0.25, -0.2) is 4.85 Å². The van der Waals surface area contributed by atoms with Crippen LogP contribution in [0.15, 0.2) is 109 Å². The van der Waals surface area contributed by atoms with E-state index in [-0.39, 0.29) is 0 Å². The van der Waals surface area contributed by atoms with Crippen LogP contribution in [0.3, 0.4) is 0 Å². The summed E-state index contributed by atoms with van der Waals surface area (Å²) in [6.45, 7) is 7.99. The van der Waals surface area contributed by atoms with Crippen molar-refractivity contribution in [2.45, 2.75) is 0 Å². The largest absolute Gasteiger partial charge is 0.319 e. The highest BCUT2D eigenvalue weighted by Gasteiger charge is 2.20. The monoisotopic (exact) mass is 460 g/mol. The summed E-state index contributed by atoms with van der Waals surface area (Å²) in [4.78, 5) is 3.81. The summed E-state index contributed by atoms with van der Waals surface area (Å²) in [5, 5.41) is 14.0. The summed E-state index contributed by atoms with van der Waals surface area (Å²) in [6, 6.07) is 33.6. The molecule has 0 aliphatic rings. The summed E-state index contributed by atoms with van der Waals surface area (Å²) in [6.07, 6.45) is 0. The van der Waals surface area contributed by atoms with Crippen molar-refractivity contribution in [1.82, 2.24) is 9.13 Å². The molecule has 4 heteroatoms. The summed E-state index contributed by atoms with van der Waals surface area (Å²) in [7, 11) is 0. The predicted octanol–water partition coefficient (Wildman–Crippen LogP) is 8.30. The van der Waals surface area contributed by atoms with Crippen LogP contribution in [0, 0.1) is 17.9 Å². The smallest absolute Gasteiger partial charge is 0.212 e. The maximum Gasteiger partial charge on any atom is 0.212 e. The average molecular weight is 461 g/mol. The van der Waals surface area contributed by atoms with Gasteiger partial charge in [-0.15, -0.1) is 0 Å². The molecule has 0 atom stereocenters. The highest BCUT2D eigenvalue weighted by atomic mass is 15.0. The summed E-state index contributed by atoms with van der Waals surface area (Å²) in [5.74, 6) is 0. The van der Waals surface area contributed by atoms with Crippen molar-refractivity contribution in [3.63, 3.8) is 0 Å². The van der Waals surface area contributed by atoms with E-state index in [1.54, 1.807) is 18.2 Å². The van der Waals surface area contributed by atoms with Crippen LogP contribution in [0.1, 0.15) is 8.30 Å². The minimum atomic E-state index is 0.322. The number of rotatable bonds is 2. The molecule has 0 aliphatic carbocycles. The van der Waals surface area contributed by atoms with Crippen molar-refractivity contribution in [1.29, 1.82) is 5.26 Å². The molecule has 0 bridgehead atoms. The molecule has 7 aromatic rings. The van der Waals surface area contributed by atoms with Crippen molar-refractivity contribution in [3.05, 3.63) is 126 Å². The van der Waals surface area contributed by atoms with E-state index in [0.29, 0.717) is 45.7 Å². The third-order valence-electron chi connectivity index (χ3n) is 6.80. The minimum absolute atomic E-state index is 0.322. The zero-order chi connectivity index (χ0) is 26.0. The Morgan fingerprint density at radius 3 is 1.64 bits per heavy atom. The van der Waals surface area contributed by atoms with E-state index in [1.165, 1.54) is 0 Å². The fourth-order valence-corrected chi connectivity index (χ4v) is 5.30. The lowest BCUT2D eigenvalue weighted by molar-refractivity contribution is 1.13. The van der Waals surface area contributed by atoms with E-state index < -0.39 is 0 Å². The molecule has 0 aliphatic heterocycles. The van der Waals surface area contributed by atoms with E-state index in [9.17, 15) is 5.26 Å². The fraction of sp³-hybridized carbons (Fsp3) is 0. The SMILES string of the molecule is [2H]c1cccc2c3ccccc3n(-c3cc(-n4c5ccccc5c5cccc([2H])c54)c([N+]#[C-])cc3C#N)c12. The van der Waals surface area contributed by atoms with E-state index >= 15 is 0 Å². The van der Waals surface area contributed by atoms with Gasteiger partial charge in [-0.05, 0) is 36.4 Å². The van der Waals surface area contributed by atoms with Crippen molar-refractivity contribution in [3.8, 4) is 17.4 Å². The molecule has 4 nitrogen and oxygen atoms in total. The number of hydrogen-bond acceptors (Lipinski definition) is 1. The Morgan fingerprint density at radius 2 is 1.11 bits per heavy atom. The van der Waals surface area contributed by atoms with Crippen LogP contribution in [0.5, 0.6) is 0 Å². The first kappa shape index (κ1) is 18.1. The van der Waals surface area contributed by atoms with Gasteiger partial charge >= 0.3 is 0 Å². The molecule has 0 saturated carbocycles.